The van der Waals surface area contributed by atoms with Crippen LogP contribution in [-0.2, 0) is 0 Å². The van der Waals surface area contributed by atoms with Crippen molar-refractivity contribution in [1.29, 1.82) is 0 Å². The Morgan fingerprint density at radius 3 is 2.12 bits per heavy atom. The normalized spacial score (nSPS) is 30.1. The Hall–Kier alpha value is -0.260. The molecule has 0 N–H and O–H groups in total. The average molecular weight is 228 g/mol. The van der Waals surface area contributed by atoms with Crippen molar-refractivity contribution < 1.29 is 0 Å². The van der Waals surface area contributed by atoms with E-state index in [9.17, 15) is 0 Å². The maximum absolute atomic E-state index is 2.53. The van der Waals surface area contributed by atoms with E-state index in [0.717, 1.165) is 23.7 Å². The molecule has 0 amide bonds. The molecule has 0 spiro atoms. The molecule has 16 heavy (non-hydrogen) atoms. The van der Waals surface area contributed by atoms with Crippen LogP contribution < -0.4 is 0 Å². The van der Waals surface area contributed by atoms with Crippen molar-refractivity contribution in [2.24, 2.45) is 23.7 Å². The summed E-state index contributed by atoms with van der Waals surface area (Å²) in [5.74, 6) is 3.39. The van der Waals surface area contributed by atoms with Gasteiger partial charge >= 0.3 is 0 Å². The first-order chi connectivity index (χ1) is 6.06. The lowest BCUT2D eigenvalue weighted by Crippen LogP contribution is -2.23. The highest BCUT2D eigenvalue weighted by atomic mass is 14.3. The molecule has 4 unspecified atom stereocenters. The maximum atomic E-state index is 2.53. The summed E-state index contributed by atoms with van der Waals surface area (Å²) in [4.78, 5) is 0. The molecule has 4 atom stereocenters. The fourth-order valence-corrected chi connectivity index (χ4v) is 2.34. The van der Waals surface area contributed by atoms with Gasteiger partial charge in [0.1, 0.15) is 0 Å². The van der Waals surface area contributed by atoms with Crippen molar-refractivity contribution in [2.45, 2.75) is 69.7 Å². The van der Waals surface area contributed by atoms with E-state index in [0.29, 0.717) is 0 Å². The van der Waals surface area contributed by atoms with E-state index < -0.39 is 0 Å². The highest BCUT2D eigenvalue weighted by molar-refractivity contribution is 5.10. The Kier molecular flexibility index (Phi) is 11.6. The zero-order valence-electron chi connectivity index (χ0n) is 9.80. The summed E-state index contributed by atoms with van der Waals surface area (Å²) in [5, 5.41) is 0. The summed E-state index contributed by atoms with van der Waals surface area (Å²) in [6.07, 6.45) is 5.24. The molecule has 0 heterocycles. The van der Waals surface area contributed by atoms with Crippen LogP contribution in [0.5, 0.6) is 0 Å². The molecule has 0 bridgehead atoms. The van der Waals surface area contributed by atoms with E-state index in [1.54, 1.807) is 5.57 Å². The van der Waals surface area contributed by atoms with Gasteiger partial charge in [-0.3, -0.25) is 0 Å². The lowest BCUT2D eigenvalue weighted by atomic mass is 9.72. The Morgan fingerprint density at radius 1 is 1.25 bits per heavy atom. The van der Waals surface area contributed by atoms with E-state index in [2.05, 4.69) is 40.7 Å². The van der Waals surface area contributed by atoms with E-state index in [1.807, 2.05) is 0 Å². The van der Waals surface area contributed by atoms with Gasteiger partial charge in [0, 0.05) is 0 Å². The topological polar surface area (TPSA) is 0 Å². The molecule has 100 valence electrons. The lowest BCUT2D eigenvalue weighted by Gasteiger charge is -2.33. The summed E-state index contributed by atoms with van der Waals surface area (Å²) < 4.78 is 0. The monoisotopic (exact) mass is 228 g/mol. The fourth-order valence-electron chi connectivity index (χ4n) is 2.34. The first-order valence-electron chi connectivity index (χ1n) is 5.74. The highest BCUT2D eigenvalue weighted by Gasteiger charge is 2.26. The van der Waals surface area contributed by atoms with Gasteiger partial charge in [-0.1, -0.05) is 68.0 Å². The number of rotatable bonds is 2. The number of allylic oxidation sites excluding steroid dienone is 2. The molecule has 0 nitrogen and oxygen atoms in total. The van der Waals surface area contributed by atoms with Gasteiger partial charge < -0.3 is 0 Å². The summed E-state index contributed by atoms with van der Waals surface area (Å²) in [6.45, 7) is 11.8. The van der Waals surface area contributed by atoms with Crippen LogP contribution in [0.25, 0.3) is 0 Å². The Balaban J connectivity index is -0.000000563. The van der Waals surface area contributed by atoms with Gasteiger partial charge in [-0.05, 0) is 37.0 Å². The van der Waals surface area contributed by atoms with Crippen LogP contribution in [0.4, 0.5) is 0 Å². The second-order valence-electron chi connectivity index (χ2n) is 4.96. The second-order valence-corrected chi connectivity index (χ2v) is 4.96. The molecule has 1 aliphatic rings. The Bertz CT molecular complexity index is 190. The van der Waals surface area contributed by atoms with Gasteiger partial charge in [0.25, 0.3) is 0 Å². The van der Waals surface area contributed by atoms with Crippen LogP contribution in [0.2, 0.25) is 0 Å². The van der Waals surface area contributed by atoms with Crippen LogP contribution in [0.15, 0.2) is 11.6 Å². The minimum Gasteiger partial charge on any atom is -0.0819 e. The molecule has 0 saturated carbocycles. The highest BCUT2D eigenvalue weighted by Crippen LogP contribution is 2.36. The van der Waals surface area contributed by atoms with Gasteiger partial charge in [0.05, 0.1) is 0 Å². The molecule has 1 rings (SSSR count). The van der Waals surface area contributed by atoms with Crippen molar-refractivity contribution in [3.63, 3.8) is 0 Å². The smallest absolute Gasteiger partial charge is 0.0202 e. The molecule has 0 aromatic carbocycles. The van der Waals surface area contributed by atoms with Crippen molar-refractivity contribution in [1.82, 2.24) is 0 Å². The average Bonchev–Trinajstić information content (AvgIpc) is 2.12. The first kappa shape index (κ1) is 21.1. The molecule has 0 aliphatic heterocycles. The fraction of sp³-hybridized carbons (Fsp3) is 0.875. The van der Waals surface area contributed by atoms with Crippen molar-refractivity contribution in [2.75, 3.05) is 0 Å². The summed E-state index contributed by atoms with van der Waals surface area (Å²) in [6, 6.07) is 0. The first-order valence-corrected chi connectivity index (χ1v) is 5.74. The zero-order valence-corrected chi connectivity index (χ0v) is 9.80. The molecule has 0 radical (unpaired) electrons. The van der Waals surface area contributed by atoms with Gasteiger partial charge in [-0.2, -0.15) is 0 Å². The van der Waals surface area contributed by atoms with Crippen molar-refractivity contribution in [3.05, 3.63) is 11.6 Å². The van der Waals surface area contributed by atoms with Crippen LogP contribution >= 0.6 is 0 Å². The lowest BCUT2D eigenvalue weighted by molar-refractivity contribution is 0.275. The third-order valence-corrected chi connectivity index (χ3v) is 4.07. The second kappa shape index (κ2) is 8.84. The van der Waals surface area contributed by atoms with E-state index >= 15 is 0 Å². The molecular formula is C16H36. The molecular weight excluding hydrogens is 192 g/mol. The van der Waals surface area contributed by atoms with E-state index in [-0.39, 0.29) is 22.3 Å². The van der Waals surface area contributed by atoms with E-state index in [4.69, 9.17) is 0 Å². The van der Waals surface area contributed by atoms with Gasteiger partial charge in [-0.15, -0.1) is 0 Å². The standard InChI is InChI=1S/C13H24.3CH4/c1-6-9(2)13-7-10(3)12(5)11(4)8-13;;;/h7,9,11-13H,6,8H2,1-5H3;3*1H4. The quantitative estimate of drug-likeness (QED) is 0.495. The van der Waals surface area contributed by atoms with Crippen LogP contribution in [0.1, 0.15) is 69.7 Å². The largest absolute Gasteiger partial charge is 0.0819 e. The minimum absolute atomic E-state index is 0. The summed E-state index contributed by atoms with van der Waals surface area (Å²) in [7, 11) is 0. The predicted molar refractivity (Wildman–Crippen MR) is 79.8 cm³/mol. The van der Waals surface area contributed by atoms with Crippen LogP contribution in [0, 0.1) is 23.7 Å². The molecule has 0 aromatic rings. The SMILES string of the molecule is C.C.C.CCC(C)C1C=C(C)C(C)C(C)C1. The summed E-state index contributed by atoms with van der Waals surface area (Å²) in [5.41, 5.74) is 1.61. The molecule has 0 heteroatoms. The van der Waals surface area contributed by atoms with Crippen molar-refractivity contribution in [3.8, 4) is 0 Å². The number of hydrogen-bond acceptors (Lipinski definition) is 0. The predicted octanol–water partition coefficient (Wildman–Crippen LogP) is 6.18. The van der Waals surface area contributed by atoms with E-state index in [1.165, 1.54) is 12.8 Å². The third-order valence-electron chi connectivity index (χ3n) is 4.07. The van der Waals surface area contributed by atoms with Gasteiger partial charge in [0.15, 0.2) is 0 Å². The van der Waals surface area contributed by atoms with Gasteiger partial charge in [0.2, 0.25) is 0 Å². The number of hydrogen-bond donors (Lipinski definition) is 0. The molecule has 0 fully saturated rings. The van der Waals surface area contributed by atoms with Crippen molar-refractivity contribution >= 4 is 0 Å². The molecule has 1 aliphatic carbocycles. The van der Waals surface area contributed by atoms with Crippen LogP contribution in [0.3, 0.4) is 0 Å². The molecule has 0 aromatic heterocycles. The maximum Gasteiger partial charge on any atom is -0.0202 e. The van der Waals surface area contributed by atoms with Gasteiger partial charge in [-0.25, -0.2) is 0 Å². The Morgan fingerprint density at radius 2 is 1.75 bits per heavy atom. The Labute approximate surface area is 106 Å². The molecule has 0 saturated heterocycles. The third kappa shape index (κ3) is 4.72. The zero-order chi connectivity index (χ0) is 10.0. The van der Waals surface area contributed by atoms with Crippen LogP contribution in [-0.4, -0.2) is 0 Å². The summed E-state index contributed by atoms with van der Waals surface area (Å²) >= 11 is 0. The minimum atomic E-state index is 0.